The van der Waals surface area contributed by atoms with Gasteiger partial charge in [0.25, 0.3) is 0 Å². The Balaban J connectivity index is 2.74. The third kappa shape index (κ3) is 4.73. The number of halogens is 3. The first kappa shape index (κ1) is 15.2. The van der Waals surface area contributed by atoms with Gasteiger partial charge in [0.2, 0.25) is 11.9 Å². The van der Waals surface area contributed by atoms with Gasteiger partial charge in [-0.1, -0.05) is 0 Å². The smallest absolute Gasteiger partial charge is 0.416 e. The predicted octanol–water partition coefficient (Wildman–Crippen LogP) is 0.647. The molecule has 0 spiro atoms. The molecule has 1 atom stereocenters. The molecule has 19 heavy (non-hydrogen) atoms. The van der Waals surface area contributed by atoms with E-state index < -0.39 is 18.8 Å². The highest BCUT2D eigenvalue weighted by Crippen LogP contribution is 2.20. The molecule has 0 saturated heterocycles. The molecule has 0 aliphatic rings. The van der Waals surface area contributed by atoms with Crippen molar-refractivity contribution in [1.29, 1.82) is 0 Å². The summed E-state index contributed by atoms with van der Waals surface area (Å²) >= 11 is 0. The van der Waals surface area contributed by atoms with Crippen LogP contribution in [0.15, 0.2) is 0 Å². The van der Waals surface area contributed by atoms with Crippen LogP contribution in [0.1, 0.15) is 6.92 Å². The zero-order valence-electron chi connectivity index (χ0n) is 10.3. The summed E-state index contributed by atoms with van der Waals surface area (Å²) in [6.45, 7) is 1.57. The molecule has 1 rings (SSSR count). The minimum Gasteiger partial charge on any atom is -0.467 e. The Labute approximate surface area is 107 Å². The van der Waals surface area contributed by atoms with Crippen LogP contribution in [0.3, 0.4) is 0 Å². The Morgan fingerprint density at radius 3 is 2.26 bits per heavy atom. The molecule has 108 valence electrons. The molecule has 0 radical (unpaired) electrons. The number of anilines is 2. The summed E-state index contributed by atoms with van der Waals surface area (Å²) in [5, 5.41) is 13.9. The summed E-state index contributed by atoms with van der Waals surface area (Å²) < 4.78 is 41.1. The number of hydrogen-bond acceptors (Lipinski definition) is 7. The number of methoxy groups -OCH3 is 1. The van der Waals surface area contributed by atoms with Crippen molar-refractivity contribution in [2.75, 3.05) is 30.8 Å². The first-order chi connectivity index (χ1) is 8.86. The van der Waals surface area contributed by atoms with E-state index in [9.17, 15) is 13.2 Å². The van der Waals surface area contributed by atoms with Gasteiger partial charge >= 0.3 is 12.2 Å². The average molecular weight is 281 g/mol. The van der Waals surface area contributed by atoms with E-state index in [4.69, 9.17) is 9.84 Å². The molecule has 1 aromatic rings. The number of hydrogen-bond donors (Lipinski definition) is 3. The second kappa shape index (κ2) is 6.36. The van der Waals surface area contributed by atoms with Crippen molar-refractivity contribution < 1.29 is 23.0 Å². The summed E-state index contributed by atoms with van der Waals surface area (Å²) in [6.07, 6.45) is -7.20. The molecule has 0 fully saturated rings. The maximum atomic E-state index is 12.1. The van der Waals surface area contributed by atoms with Crippen molar-refractivity contribution in [3.05, 3.63) is 0 Å². The van der Waals surface area contributed by atoms with Crippen LogP contribution in [0, 0.1) is 0 Å². The first-order valence-corrected chi connectivity index (χ1v) is 5.39. The monoisotopic (exact) mass is 281 g/mol. The van der Waals surface area contributed by atoms with Gasteiger partial charge in [0.15, 0.2) is 6.10 Å². The number of alkyl halides is 3. The Morgan fingerprint density at radius 1 is 1.21 bits per heavy atom. The molecule has 1 aromatic heterocycles. The lowest BCUT2D eigenvalue weighted by molar-refractivity contribution is -0.198. The molecule has 3 N–H and O–H groups in total. The third-order valence-corrected chi connectivity index (χ3v) is 1.96. The summed E-state index contributed by atoms with van der Waals surface area (Å²) in [5.41, 5.74) is 0. The number of ether oxygens (including phenoxy) is 1. The maximum Gasteiger partial charge on any atom is 0.416 e. The minimum absolute atomic E-state index is 0.0463. The van der Waals surface area contributed by atoms with Gasteiger partial charge in [0, 0.05) is 6.54 Å². The first-order valence-electron chi connectivity index (χ1n) is 5.39. The molecule has 7 nitrogen and oxygen atoms in total. The lowest BCUT2D eigenvalue weighted by atomic mass is 10.3. The fourth-order valence-electron chi connectivity index (χ4n) is 1.07. The average Bonchev–Trinajstić information content (AvgIpc) is 2.34. The summed E-state index contributed by atoms with van der Waals surface area (Å²) in [5.74, 6) is 0.0458. The lowest BCUT2D eigenvalue weighted by Gasteiger charge is -2.15. The second-order valence-electron chi connectivity index (χ2n) is 3.44. The van der Waals surface area contributed by atoms with E-state index >= 15 is 0 Å². The lowest BCUT2D eigenvalue weighted by Crippen LogP contribution is -2.35. The van der Waals surface area contributed by atoms with Crippen LogP contribution < -0.4 is 15.4 Å². The summed E-state index contributed by atoms with van der Waals surface area (Å²) in [7, 11) is 1.32. The Morgan fingerprint density at radius 2 is 1.79 bits per heavy atom. The van der Waals surface area contributed by atoms with Gasteiger partial charge in [-0.15, -0.1) is 0 Å². The van der Waals surface area contributed by atoms with E-state index in [2.05, 4.69) is 25.6 Å². The van der Waals surface area contributed by atoms with Crippen LogP contribution >= 0.6 is 0 Å². The number of rotatable bonds is 6. The quantitative estimate of drug-likeness (QED) is 0.705. The van der Waals surface area contributed by atoms with Crippen molar-refractivity contribution in [1.82, 2.24) is 15.0 Å². The van der Waals surface area contributed by atoms with Crippen LogP contribution in [0.2, 0.25) is 0 Å². The maximum absolute atomic E-state index is 12.1. The van der Waals surface area contributed by atoms with Gasteiger partial charge < -0.3 is 20.5 Å². The van der Waals surface area contributed by atoms with Gasteiger partial charge in [-0.25, -0.2) is 0 Å². The highest BCUT2D eigenvalue weighted by molar-refractivity contribution is 5.35. The Hall–Kier alpha value is -1.84. The molecule has 0 saturated carbocycles. The zero-order valence-corrected chi connectivity index (χ0v) is 10.3. The number of nitrogens with one attached hydrogen (secondary N) is 2. The number of aliphatic hydroxyl groups excluding tert-OH is 1. The van der Waals surface area contributed by atoms with E-state index in [1.165, 1.54) is 7.11 Å². The van der Waals surface area contributed by atoms with Crippen molar-refractivity contribution in [3.8, 4) is 6.01 Å². The van der Waals surface area contributed by atoms with Crippen LogP contribution in [0.25, 0.3) is 0 Å². The molecule has 1 unspecified atom stereocenters. The van der Waals surface area contributed by atoms with E-state index in [1.54, 1.807) is 6.92 Å². The molecular weight excluding hydrogens is 267 g/mol. The van der Waals surface area contributed by atoms with Crippen molar-refractivity contribution in [3.63, 3.8) is 0 Å². The van der Waals surface area contributed by atoms with E-state index in [-0.39, 0.29) is 17.9 Å². The minimum atomic E-state index is -4.70. The van der Waals surface area contributed by atoms with Crippen LogP contribution in [0.4, 0.5) is 25.1 Å². The molecule has 10 heteroatoms. The number of nitrogens with zero attached hydrogens (tertiary/aromatic N) is 3. The largest absolute Gasteiger partial charge is 0.467 e. The zero-order chi connectivity index (χ0) is 14.5. The Bertz CT molecular complexity index is 415. The second-order valence-corrected chi connectivity index (χ2v) is 3.44. The van der Waals surface area contributed by atoms with Crippen molar-refractivity contribution >= 4 is 11.9 Å². The Kier molecular flexibility index (Phi) is 5.10. The fraction of sp³-hybridized carbons (Fsp3) is 0.667. The third-order valence-electron chi connectivity index (χ3n) is 1.96. The molecule has 0 aliphatic heterocycles. The standard InChI is InChI=1S/C9H14F3N5O2/c1-3-13-6-15-7(17-8(16-6)19-2)14-4-5(18)9(10,11)12/h5,18H,3-4H2,1-2H3,(H2,13,14,15,16,17). The number of aromatic nitrogens is 3. The molecule has 1 heterocycles. The summed E-state index contributed by atoms with van der Waals surface area (Å²) in [6, 6.07) is -0.0463. The van der Waals surface area contributed by atoms with Crippen molar-refractivity contribution in [2.45, 2.75) is 19.2 Å². The molecular formula is C9H14F3N5O2. The van der Waals surface area contributed by atoms with Crippen molar-refractivity contribution in [2.24, 2.45) is 0 Å². The van der Waals surface area contributed by atoms with Crippen LogP contribution in [0.5, 0.6) is 6.01 Å². The molecule has 0 aliphatic carbocycles. The summed E-state index contributed by atoms with van der Waals surface area (Å²) in [4.78, 5) is 11.4. The van der Waals surface area contributed by atoms with Gasteiger partial charge in [0.1, 0.15) is 0 Å². The van der Waals surface area contributed by atoms with Crippen LogP contribution in [-0.4, -0.2) is 52.5 Å². The van der Waals surface area contributed by atoms with Gasteiger partial charge in [-0.2, -0.15) is 28.1 Å². The number of aliphatic hydroxyl groups is 1. The topological polar surface area (TPSA) is 92.2 Å². The van der Waals surface area contributed by atoms with Gasteiger partial charge in [0.05, 0.1) is 13.7 Å². The fourth-order valence-corrected chi connectivity index (χ4v) is 1.07. The molecule has 0 amide bonds. The van der Waals surface area contributed by atoms with E-state index in [0.717, 1.165) is 0 Å². The highest BCUT2D eigenvalue weighted by Gasteiger charge is 2.38. The molecule has 0 aromatic carbocycles. The van der Waals surface area contributed by atoms with Crippen LogP contribution in [-0.2, 0) is 0 Å². The van der Waals surface area contributed by atoms with E-state index in [1.807, 2.05) is 0 Å². The van der Waals surface area contributed by atoms with Gasteiger partial charge in [-0.3, -0.25) is 0 Å². The normalized spacial score (nSPS) is 12.9. The van der Waals surface area contributed by atoms with Gasteiger partial charge in [-0.05, 0) is 6.92 Å². The predicted molar refractivity (Wildman–Crippen MR) is 61.1 cm³/mol. The molecule has 0 bridgehead atoms. The van der Waals surface area contributed by atoms with E-state index in [0.29, 0.717) is 6.54 Å². The highest BCUT2D eigenvalue weighted by atomic mass is 19.4. The SMILES string of the molecule is CCNc1nc(NCC(O)C(F)(F)F)nc(OC)n1.